The number of benzene rings is 7. The third kappa shape index (κ3) is 3.68. The van der Waals surface area contributed by atoms with Crippen LogP contribution in [0.3, 0.4) is 0 Å². The second-order valence-corrected chi connectivity index (χ2v) is 11.4. The highest BCUT2D eigenvalue weighted by molar-refractivity contribution is 6.12. The molecule has 0 unspecified atom stereocenters. The van der Waals surface area contributed by atoms with Crippen molar-refractivity contribution in [2.75, 3.05) is 0 Å². The number of hydrogen-bond donors (Lipinski definition) is 0. The molecule has 0 saturated carbocycles. The number of aromatic nitrogens is 2. The highest BCUT2D eigenvalue weighted by atomic mass is 15.0. The molecule has 9 rings (SSSR count). The molecule has 9 aromatic rings. The van der Waals surface area contributed by atoms with E-state index < -0.39 is 0 Å². The molecule has 0 fully saturated rings. The standard InChI is InChI=1S/C42H28N2/c1-3-14-29(15-4-1)32-21-13-25-41(42(32)30-16-5-2-6-17-30)44-39-24-12-9-20-35(39)36-28-31(26-27-40(36)44)43-37-22-10-7-18-33(37)34-19-8-11-23-38(34)43/h1-28H. The van der Waals surface area contributed by atoms with Gasteiger partial charge in [0.1, 0.15) is 0 Å². The molecule has 2 heterocycles. The molecule has 0 saturated heterocycles. The van der Waals surface area contributed by atoms with E-state index in [4.69, 9.17) is 0 Å². The maximum absolute atomic E-state index is 2.45. The van der Waals surface area contributed by atoms with Crippen LogP contribution in [0.15, 0.2) is 170 Å². The molecule has 2 nitrogen and oxygen atoms in total. The Balaban J connectivity index is 1.36. The minimum Gasteiger partial charge on any atom is -0.309 e. The maximum Gasteiger partial charge on any atom is 0.0546 e. The zero-order valence-electron chi connectivity index (χ0n) is 24.1. The molecule has 0 spiro atoms. The van der Waals surface area contributed by atoms with Gasteiger partial charge in [0, 0.05) is 32.8 Å². The Kier molecular flexibility index (Phi) is 5.54. The number of para-hydroxylation sites is 3. The van der Waals surface area contributed by atoms with Crippen LogP contribution in [0.4, 0.5) is 0 Å². The largest absolute Gasteiger partial charge is 0.309 e. The molecule has 7 aromatic carbocycles. The molecule has 2 heteroatoms. The average molecular weight is 561 g/mol. The van der Waals surface area contributed by atoms with Crippen LogP contribution in [0.5, 0.6) is 0 Å². The van der Waals surface area contributed by atoms with Gasteiger partial charge in [-0.3, -0.25) is 0 Å². The van der Waals surface area contributed by atoms with Crippen molar-refractivity contribution in [3.8, 4) is 33.6 Å². The molecule has 44 heavy (non-hydrogen) atoms. The Labute approximate surface area is 255 Å². The SMILES string of the molecule is c1ccc(-c2cccc(-n3c4ccccc4c4cc(-n5c6ccccc6c6ccccc65)ccc43)c2-c2ccccc2)cc1. The van der Waals surface area contributed by atoms with Crippen molar-refractivity contribution in [1.29, 1.82) is 0 Å². The van der Waals surface area contributed by atoms with Crippen molar-refractivity contribution in [2.24, 2.45) is 0 Å². The topological polar surface area (TPSA) is 9.86 Å². The molecule has 0 atom stereocenters. The summed E-state index contributed by atoms with van der Waals surface area (Å²) < 4.78 is 4.86. The first-order chi connectivity index (χ1) is 21.9. The summed E-state index contributed by atoms with van der Waals surface area (Å²) in [4.78, 5) is 0. The third-order valence-electron chi connectivity index (χ3n) is 8.93. The van der Waals surface area contributed by atoms with Gasteiger partial charge in [-0.25, -0.2) is 0 Å². The Morgan fingerprint density at radius 2 is 0.818 bits per heavy atom. The van der Waals surface area contributed by atoms with E-state index in [9.17, 15) is 0 Å². The summed E-state index contributed by atoms with van der Waals surface area (Å²) in [6.45, 7) is 0. The second-order valence-electron chi connectivity index (χ2n) is 11.4. The van der Waals surface area contributed by atoms with Crippen LogP contribution in [-0.4, -0.2) is 9.13 Å². The van der Waals surface area contributed by atoms with Gasteiger partial charge in [-0.15, -0.1) is 0 Å². The molecule has 0 radical (unpaired) electrons. The van der Waals surface area contributed by atoms with Crippen molar-refractivity contribution in [3.05, 3.63) is 170 Å². The number of nitrogens with zero attached hydrogens (tertiary/aromatic N) is 2. The molecule has 0 N–H and O–H groups in total. The van der Waals surface area contributed by atoms with Gasteiger partial charge in [-0.05, 0) is 59.2 Å². The van der Waals surface area contributed by atoms with E-state index in [1.54, 1.807) is 0 Å². The van der Waals surface area contributed by atoms with Gasteiger partial charge in [0.2, 0.25) is 0 Å². The van der Waals surface area contributed by atoms with Crippen LogP contribution >= 0.6 is 0 Å². The molecular formula is C42H28N2. The first-order valence-electron chi connectivity index (χ1n) is 15.1. The van der Waals surface area contributed by atoms with Crippen molar-refractivity contribution in [3.63, 3.8) is 0 Å². The second kappa shape index (κ2) is 9.86. The lowest BCUT2D eigenvalue weighted by atomic mass is 9.93. The van der Waals surface area contributed by atoms with Crippen LogP contribution in [-0.2, 0) is 0 Å². The minimum absolute atomic E-state index is 1.17. The average Bonchev–Trinajstić information content (AvgIpc) is 3.61. The first-order valence-corrected chi connectivity index (χ1v) is 15.1. The Morgan fingerprint density at radius 3 is 1.45 bits per heavy atom. The molecule has 0 bridgehead atoms. The van der Waals surface area contributed by atoms with Crippen molar-refractivity contribution in [1.82, 2.24) is 9.13 Å². The van der Waals surface area contributed by atoms with E-state index in [0.717, 1.165) is 0 Å². The Hall–Kier alpha value is -5.86. The lowest BCUT2D eigenvalue weighted by Gasteiger charge is -2.18. The zero-order chi connectivity index (χ0) is 29.0. The summed E-state index contributed by atoms with van der Waals surface area (Å²) in [7, 11) is 0. The smallest absolute Gasteiger partial charge is 0.0546 e. The highest BCUT2D eigenvalue weighted by Crippen LogP contribution is 2.42. The van der Waals surface area contributed by atoms with E-state index in [1.165, 1.54) is 77.2 Å². The zero-order valence-corrected chi connectivity index (χ0v) is 24.1. The van der Waals surface area contributed by atoms with Gasteiger partial charge < -0.3 is 9.13 Å². The lowest BCUT2D eigenvalue weighted by Crippen LogP contribution is -1.99. The number of rotatable bonds is 4. The summed E-state index contributed by atoms with van der Waals surface area (Å²) in [5.41, 5.74) is 12.0. The molecular weight excluding hydrogens is 532 g/mol. The predicted octanol–water partition coefficient (Wildman–Crippen LogP) is 11.2. The van der Waals surface area contributed by atoms with Crippen LogP contribution < -0.4 is 0 Å². The predicted molar refractivity (Wildman–Crippen MR) is 186 cm³/mol. The lowest BCUT2D eigenvalue weighted by molar-refractivity contribution is 1.17. The van der Waals surface area contributed by atoms with Gasteiger partial charge in [0.15, 0.2) is 0 Å². The van der Waals surface area contributed by atoms with Crippen LogP contribution in [0.2, 0.25) is 0 Å². The fourth-order valence-electron chi connectivity index (χ4n) is 7.05. The van der Waals surface area contributed by atoms with Gasteiger partial charge in [-0.2, -0.15) is 0 Å². The van der Waals surface area contributed by atoms with E-state index in [-0.39, 0.29) is 0 Å². The summed E-state index contributed by atoms with van der Waals surface area (Å²) in [5, 5.41) is 5.03. The minimum atomic E-state index is 1.17. The molecule has 2 aromatic heterocycles. The quantitative estimate of drug-likeness (QED) is 0.203. The first kappa shape index (κ1) is 24.7. The van der Waals surface area contributed by atoms with E-state index in [0.29, 0.717) is 0 Å². The maximum atomic E-state index is 2.45. The summed E-state index contributed by atoms with van der Waals surface area (Å²) in [5.74, 6) is 0. The fraction of sp³-hybridized carbons (Fsp3) is 0. The van der Waals surface area contributed by atoms with Crippen LogP contribution in [0.1, 0.15) is 0 Å². The Bertz CT molecular complexity index is 2430. The van der Waals surface area contributed by atoms with Gasteiger partial charge in [0.05, 0.1) is 27.8 Å². The normalized spacial score (nSPS) is 11.6. The van der Waals surface area contributed by atoms with Gasteiger partial charge >= 0.3 is 0 Å². The Morgan fingerprint density at radius 1 is 0.318 bits per heavy atom. The molecule has 0 aliphatic heterocycles. The fourth-order valence-corrected chi connectivity index (χ4v) is 7.05. The van der Waals surface area contributed by atoms with Crippen molar-refractivity contribution < 1.29 is 0 Å². The number of fused-ring (bicyclic) bond motifs is 6. The molecule has 0 aliphatic carbocycles. The molecule has 0 amide bonds. The highest BCUT2D eigenvalue weighted by Gasteiger charge is 2.20. The molecule has 206 valence electrons. The van der Waals surface area contributed by atoms with Crippen molar-refractivity contribution >= 4 is 43.6 Å². The van der Waals surface area contributed by atoms with E-state index in [2.05, 4.69) is 179 Å². The van der Waals surface area contributed by atoms with Gasteiger partial charge in [0.25, 0.3) is 0 Å². The third-order valence-corrected chi connectivity index (χ3v) is 8.93. The van der Waals surface area contributed by atoms with Crippen LogP contribution in [0.25, 0.3) is 77.2 Å². The summed E-state index contributed by atoms with van der Waals surface area (Å²) in [6.07, 6.45) is 0. The molecule has 0 aliphatic rings. The van der Waals surface area contributed by atoms with E-state index in [1.807, 2.05) is 0 Å². The monoisotopic (exact) mass is 560 g/mol. The number of hydrogen-bond acceptors (Lipinski definition) is 0. The summed E-state index contributed by atoms with van der Waals surface area (Å²) >= 11 is 0. The van der Waals surface area contributed by atoms with Gasteiger partial charge in [-0.1, -0.05) is 127 Å². The summed E-state index contributed by atoms with van der Waals surface area (Å²) in [6, 6.07) is 61.4. The van der Waals surface area contributed by atoms with E-state index >= 15 is 0 Å². The van der Waals surface area contributed by atoms with Crippen molar-refractivity contribution in [2.45, 2.75) is 0 Å². The van der Waals surface area contributed by atoms with Crippen LogP contribution in [0, 0.1) is 0 Å².